The van der Waals surface area contributed by atoms with E-state index in [0.29, 0.717) is 0 Å². The van der Waals surface area contributed by atoms with Crippen molar-refractivity contribution in [3.8, 4) is 0 Å². The van der Waals surface area contributed by atoms with E-state index in [1.807, 2.05) is 0 Å². The molecule has 1 heterocycles. The molecule has 0 saturated carbocycles. The van der Waals surface area contributed by atoms with Gasteiger partial charge in [0, 0.05) is 0 Å². The molecule has 26 heavy (non-hydrogen) atoms. The fourth-order valence-electron chi connectivity index (χ4n) is 2.90. The molecule has 0 atom stereocenters. The number of hydrogen-bond acceptors (Lipinski definition) is 2. The number of benzene rings is 3. The van der Waals surface area contributed by atoms with Gasteiger partial charge in [0.25, 0.3) is 0 Å². The van der Waals surface area contributed by atoms with Crippen LogP contribution in [-0.2, 0) is 20.7 Å². The maximum absolute atomic E-state index is 14.6. The van der Waals surface area contributed by atoms with E-state index in [1.165, 1.54) is 12.1 Å². The molecular formula is C18H9F4O2S2+. The molecule has 1 aliphatic rings. The molecular weight excluding hydrogens is 388 g/mol. The van der Waals surface area contributed by atoms with E-state index in [1.54, 1.807) is 0 Å². The first-order chi connectivity index (χ1) is 12.3. The van der Waals surface area contributed by atoms with Crippen molar-refractivity contribution in [1.82, 2.24) is 0 Å². The zero-order chi connectivity index (χ0) is 18.6. The van der Waals surface area contributed by atoms with Gasteiger partial charge < -0.3 is 0 Å². The van der Waals surface area contributed by atoms with Gasteiger partial charge >= 0.3 is 0 Å². The van der Waals surface area contributed by atoms with Crippen LogP contribution in [-0.4, -0.2) is 8.42 Å². The van der Waals surface area contributed by atoms with E-state index in [0.717, 1.165) is 42.5 Å². The van der Waals surface area contributed by atoms with Crippen molar-refractivity contribution in [3.63, 3.8) is 0 Å². The molecule has 3 aromatic rings. The minimum atomic E-state index is -4.23. The lowest BCUT2D eigenvalue weighted by molar-refractivity contribution is 0.531. The van der Waals surface area contributed by atoms with E-state index in [4.69, 9.17) is 0 Å². The molecule has 0 saturated heterocycles. The van der Waals surface area contributed by atoms with Gasteiger partial charge in [0.05, 0.1) is 0 Å². The lowest BCUT2D eigenvalue weighted by atomic mass is 10.3. The molecule has 132 valence electrons. The zero-order valence-corrected chi connectivity index (χ0v) is 14.5. The second-order valence-corrected chi connectivity index (χ2v) is 9.22. The Morgan fingerprint density at radius 1 is 0.577 bits per heavy atom. The molecule has 0 amide bonds. The average Bonchev–Trinajstić information content (AvgIpc) is 2.58. The summed E-state index contributed by atoms with van der Waals surface area (Å²) in [5, 5.41) is 0. The Labute approximate surface area is 149 Å². The number of halogens is 4. The van der Waals surface area contributed by atoms with Crippen molar-refractivity contribution in [2.75, 3.05) is 0 Å². The highest BCUT2D eigenvalue weighted by Crippen LogP contribution is 2.47. The molecule has 1 aliphatic heterocycles. The van der Waals surface area contributed by atoms with Crippen LogP contribution in [0.25, 0.3) is 0 Å². The summed E-state index contributed by atoms with van der Waals surface area (Å²) in [6.07, 6.45) is 0. The minimum Gasteiger partial charge on any atom is -0.218 e. The van der Waals surface area contributed by atoms with E-state index in [2.05, 4.69) is 0 Å². The molecule has 0 N–H and O–H groups in total. The first-order valence-electron chi connectivity index (χ1n) is 7.34. The van der Waals surface area contributed by atoms with Crippen LogP contribution in [0.5, 0.6) is 0 Å². The van der Waals surface area contributed by atoms with Crippen LogP contribution < -0.4 is 0 Å². The van der Waals surface area contributed by atoms with Gasteiger partial charge in [-0.2, -0.15) is 0 Å². The molecule has 0 bridgehead atoms. The smallest absolute Gasteiger partial charge is 0.218 e. The third-order valence-corrected chi connectivity index (χ3v) is 8.51. The summed E-state index contributed by atoms with van der Waals surface area (Å²) in [6, 6.07) is 9.72. The van der Waals surface area contributed by atoms with Crippen LogP contribution in [0.3, 0.4) is 0 Å². The fraction of sp³-hybridized carbons (Fsp3) is 0. The van der Waals surface area contributed by atoms with Crippen LogP contribution in [0, 0.1) is 23.3 Å². The largest absolute Gasteiger partial charge is 0.237 e. The van der Waals surface area contributed by atoms with Crippen molar-refractivity contribution in [1.29, 1.82) is 0 Å². The summed E-state index contributed by atoms with van der Waals surface area (Å²) < 4.78 is 83.8. The summed E-state index contributed by atoms with van der Waals surface area (Å²) in [5.41, 5.74) is 0. The predicted octanol–water partition coefficient (Wildman–Crippen LogP) is 4.48. The highest BCUT2D eigenvalue weighted by Gasteiger charge is 2.51. The molecule has 0 fully saturated rings. The van der Waals surface area contributed by atoms with E-state index in [-0.39, 0.29) is 0 Å². The Hall–Kier alpha value is -2.32. The molecule has 8 heteroatoms. The van der Waals surface area contributed by atoms with Gasteiger partial charge in [-0.05, 0) is 36.4 Å². The molecule has 0 unspecified atom stereocenters. The van der Waals surface area contributed by atoms with Crippen molar-refractivity contribution in [2.45, 2.75) is 24.5 Å². The average molecular weight is 397 g/mol. The second kappa shape index (κ2) is 5.85. The fourth-order valence-corrected chi connectivity index (χ4v) is 7.70. The summed E-state index contributed by atoms with van der Waals surface area (Å²) in [7, 11) is -6.16. The SMILES string of the molecule is O=S1(=O)c2cccc(F)c2[S+](c2c(F)cccc2F)c2c(F)cccc21. The first kappa shape index (κ1) is 17.1. The van der Waals surface area contributed by atoms with Gasteiger partial charge in [0.15, 0.2) is 23.3 Å². The van der Waals surface area contributed by atoms with Crippen molar-refractivity contribution in [2.24, 2.45) is 0 Å². The molecule has 2 nitrogen and oxygen atoms in total. The Balaban J connectivity index is 2.21. The Morgan fingerprint density at radius 2 is 0.923 bits per heavy atom. The predicted molar refractivity (Wildman–Crippen MR) is 86.8 cm³/mol. The Bertz CT molecular complexity index is 1080. The van der Waals surface area contributed by atoms with Gasteiger partial charge in [-0.15, -0.1) is 0 Å². The minimum absolute atomic E-state index is 0.415. The summed E-state index contributed by atoms with van der Waals surface area (Å²) in [4.78, 5) is -2.27. The standard InChI is InChI=1S/C18H9F4O2S2/c19-10-4-1-5-11(20)16(10)25-17-12(21)6-2-8-14(17)26(23,24)15-9-3-7-13(22)18(15)25/h1-9H/q+1. The number of sulfone groups is 1. The number of hydrogen-bond donors (Lipinski definition) is 0. The third-order valence-electron chi connectivity index (χ3n) is 3.97. The van der Waals surface area contributed by atoms with Crippen LogP contribution in [0.1, 0.15) is 0 Å². The van der Waals surface area contributed by atoms with Gasteiger partial charge in [0.1, 0.15) is 20.7 Å². The van der Waals surface area contributed by atoms with Crippen LogP contribution in [0.15, 0.2) is 79.1 Å². The lowest BCUT2D eigenvalue weighted by Crippen LogP contribution is -2.24. The topological polar surface area (TPSA) is 34.1 Å². The monoisotopic (exact) mass is 397 g/mol. The van der Waals surface area contributed by atoms with Crippen molar-refractivity contribution >= 4 is 20.7 Å². The maximum Gasteiger partial charge on any atom is 0.237 e. The third kappa shape index (κ3) is 2.29. The van der Waals surface area contributed by atoms with Crippen LogP contribution >= 0.6 is 0 Å². The highest BCUT2D eigenvalue weighted by atomic mass is 32.2. The van der Waals surface area contributed by atoms with Crippen LogP contribution in [0.4, 0.5) is 17.6 Å². The highest BCUT2D eigenvalue weighted by molar-refractivity contribution is 8.00. The summed E-state index contributed by atoms with van der Waals surface area (Å²) >= 11 is 0. The number of rotatable bonds is 1. The van der Waals surface area contributed by atoms with E-state index in [9.17, 15) is 26.0 Å². The van der Waals surface area contributed by atoms with Gasteiger partial charge in [-0.3, -0.25) is 0 Å². The van der Waals surface area contributed by atoms with Gasteiger partial charge in [0.2, 0.25) is 24.5 Å². The molecule has 4 rings (SSSR count). The van der Waals surface area contributed by atoms with E-state index < -0.39 is 68.5 Å². The Morgan fingerprint density at radius 3 is 1.35 bits per heavy atom. The van der Waals surface area contributed by atoms with Gasteiger partial charge in [-0.1, -0.05) is 18.2 Å². The maximum atomic E-state index is 14.6. The van der Waals surface area contributed by atoms with E-state index >= 15 is 0 Å². The zero-order valence-electron chi connectivity index (χ0n) is 12.8. The molecule has 0 spiro atoms. The second-order valence-electron chi connectivity index (χ2n) is 5.49. The van der Waals surface area contributed by atoms with Crippen LogP contribution in [0.2, 0.25) is 0 Å². The lowest BCUT2D eigenvalue weighted by Gasteiger charge is -2.20. The quantitative estimate of drug-likeness (QED) is 0.351. The molecule has 0 aliphatic carbocycles. The normalized spacial score (nSPS) is 15.4. The molecule has 0 aromatic heterocycles. The molecule has 0 radical (unpaired) electrons. The first-order valence-corrected chi connectivity index (χ1v) is 10.0. The van der Waals surface area contributed by atoms with Crippen molar-refractivity contribution in [3.05, 3.63) is 77.9 Å². The summed E-state index contributed by atoms with van der Waals surface area (Å²) in [6.45, 7) is 0. The summed E-state index contributed by atoms with van der Waals surface area (Å²) in [5.74, 6) is -3.94. The van der Waals surface area contributed by atoms with Gasteiger partial charge in [-0.25, -0.2) is 26.0 Å². The van der Waals surface area contributed by atoms with Crippen molar-refractivity contribution < 1.29 is 26.0 Å². The molecule has 3 aromatic carbocycles. The Kier molecular flexibility index (Phi) is 3.85. The number of fused-ring (bicyclic) bond motifs is 2.